The van der Waals surface area contributed by atoms with Crippen molar-refractivity contribution in [2.45, 2.75) is 12.5 Å². The Bertz CT molecular complexity index is 1010. The van der Waals surface area contributed by atoms with Crippen LogP contribution in [0.25, 0.3) is 0 Å². The molecule has 3 aromatic rings. The second kappa shape index (κ2) is 11.2. The summed E-state index contributed by atoms with van der Waals surface area (Å²) in [5.41, 5.74) is 0.492. The number of rotatable bonds is 11. The predicted octanol–water partition coefficient (Wildman–Crippen LogP) is 2.10. The van der Waals surface area contributed by atoms with E-state index in [1.165, 1.54) is 37.9 Å². The van der Waals surface area contributed by atoms with Crippen LogP contribution >= 0.6 is 11.3 Å². The first-order chi connectivity index (χ1) is 15.5. The van der Waals surface area contributed by atoms with Gasteiger partial charge in [-0.05, 0) is 24.3 Å². The van der Waals surface area contributed by atoms with Crippen molar-refractivity contribution >= 4 is 28.3 Å². The molecule has 0 spiro atoms. The fraction of sp³-hybridized carbons (Fsp3) is 0.286. The number of nitrogens with one attached hydrogen (secondary N) is 2. The molecule has 2 heterocycles. The minimum absolute atomic E-state index is 0.00102. The summed E-state index contributed by atoms with van der Waals surface area (Å²) >= 11 is 1.20. The molecule has 11 heteroatoms. The molecule has 3 rings (SSSR count). The third kappa shape index (κ3) is 6.22. The highest BCUT2D eigenvalue weighted by atomic mass is 32.1. The van der Waals surface area contributed by atoms with Gasteiger partial charge in [-0.1, -0.05) is 6.07 Å². The molecule has 1 atom stereocenters. The Morgan fingerprint density at radius 1 is 1.19 bits per heavy atom. The summed E-state index contributed by atoms with van der Waals surface area (Å²) in [4.78, 5) is 28.3. The smallest absolute Gasteiger partial charge is 0.293 e. The molecule has 3 N–H and O–H groups in total. The summed E-state index contributed by atoms with van der Waals surface area (Å²) in [7, 11) is 3.01. The summed E-state index contributed by atoms with van der Waals surface area (Å²) in [5.74, 6) is 0.734. The maximum atomic E-state index is 12.2. The largest absolute Gasteiger partial charge is 0.493 e. The highest BCUT2D eigenvalue weighted by Crippen LogP contribution is 2.36. The maximum Gasteiger partial charge on any atom is 0.293 e. The van der Waals surface area contributed by atoms with E-state index in [1.807, 2.05) is 0 Å². The summed E-state index contributed by atoms with van der Waals surface area (Å²) < 4.78 is 21.1. The fourth-order valence-corrected chi connectivity index (χ4v) is 3.37. The molecule has 2 amide bonds. The number of furan rings is 1. The molecule has 32 heavy (non-hydrogen) atoms. The first-order valence-electron chi connectivity index (χ1n) is 9.58. The van der Waals surface area contributed by atoms with Gasteiger partial charge in [0.25, 0.3) is 5.91 Å². The average molecular weight is 461 g/mol. The third-order valence-electron chi connectivity index (χ3n) is 4.20. The molecule has 0 saturated carbocycles. The minimum atomic E-state index is -0.952. The molecule has 0 bridgehead atoms. The van der Waals surface area contributed by atoms with E-state index in [0.29, 0.717) is 28.1 Å². The number of aromatic nitrogens is 1. The van der Waals surface area contributed by atoms with Gasteiger partial charge < -0.3 is 29.1 Å². The van der Waals surface area contributed by atoms with E-state index in [-0.39, 0.29) is 31.2 Å². The highest BCUT2D eigenvalue weighted by molar-refractivity contribution is 7.14. The quantitative estimate of drug-likeness (QED) is 0.396. The molecular weight excluding hydrogens is 438 g/mol. The zero-order valence-electron chi connectivity index (χ0n) is 17.5. The van der Waals surface area contributed by atoms with Gasteiger partial charge in [-0.2, -0.15) is 0 Å². The standard InChI is InChI=1S/C21H23N3O7S/c1-28-15-5-3-6-16(29-2)19(15)31-11-14(25)10-22-18(26)9-13-12-32-21(23-13)24-20(27)17-7-4-8-30-17/h3-8,12,14,25H,9-11H2,1-2H3,(H,22,26)(H,23,24,27). The van der Waals surface area contributed by atoms with E-state index in [0.717, 1.165) is 0 Å². The summed E-state index contributed by atoms with van der Waals surface area (Å²) in [6.45, 7) is -0.0841. The fourth-order valence-electron chi connectivity index (χ4n) is 2.67. The Morgan fingerprint density at radius 3 is 2.59 bits per heavy atom. The van der Waals surface area contributed by atoms with E-state index in [1.54, 1.807) is 29.6 Å². The van der Waals surface area contributed by atoms with Crippen LogP contribution in [-0.2, 0) is 11.2 Å². The van der Waals surface area contributed by atoms with E-state index >= 15 is 0 Å². The highest BCUT2D eigenvalue weighted by Gasteiger charge is 2.16. The number of benzene rings is 1. The number of nitrogens with zero attached hydrogens (tertiary/aromatic N) is 1. The van der Waals surface area contributed by atoms with Crippen LogP contribution in [0.5, 0.6) is 17.2 Å². The number of carbonyl (C=O) groups excluding carboxylic acids is 2. The molecule has 2 aromatic heterocycles. The SMILES string of the molecule is COc1cccc(OC)c1OCC(O)CNC(=O)Cc1csc(NC(=O)c2ccco2)n1. The molecule has 1 unspecified atom stereocenters. The normalized spacial score (nSPS) is 11.5. The van der Waals surface area contributed by atoms with Crippen molar-refractivity contribution in [3.63, 3.8) is 0 Å². The lowest BCUT2D eigenvalue weighted by Gasteiger charge is -2.17. The number of ether oxygens (including phenoxy) is 3. The maximum absolute atomic E-state index is 12.2. The molecule has 0 aliphatic rings. The van der Waals surface area contributed by atoms with Crippen LogP contribution < -0.4 is 24.8 Å². The van der Waals surface area contributed by atoms with Crippen molar-refractivity contribution in [1.82, 2.24) is 10.3 Å². The molecular formula is C21H23N3O7S. The average Bonchev–Trinajstić information content (AvgIpc) is 3.48. The van der Waals surface area contributed by atoms with Crippen LogP contribution in [0, 0.1) is 0 Å². The number of thiazole rings is 1. The number of aliphatic hydroxyl groups excluding tert-OH is 1. The number of para-hydroxylation sites is 1. The summed E-state index contributed by atoms with van der Waals surface area (Å²) in [6, 6.07) is 8.33. The monoisotopic (exact) mass is 461 g/mol. The molecule has 10 nitrogen and oxygen atoms in total. The van der Waals surface area contributed by atoms with Gasteiger partial charge in [-0.3, -0.25) is 14.9 Å². The third-order valence-corrected chi connectivity index (χ3v) is 5.00. The van der Waals surface area contributed by atoms with E-state index in [2.05, 4.69) is 15.6 Å². The first-order valence-corrected chi connectivity index (χ1v) is 10.5. The Labute approximate surface area is 188 Å². The van der Waals surface area contributed by atoms with Crippen LogP contribution in [0.15, 0.2) is 46.4 Å². The van der Waals surface area contributed by atoms with Gasteiger partial charge in [-0.15, -0.1) is 11.3 Å². The zero-order chi connectivity index (χ0) is 22.9. The van der Waals surface area contributed by atoms with Crippen molar-refractivity contribution < 1.29 is 33.3 Å². The number of carbonyl (C=O) groups is 2. The van der Waals surface area contributed by atoms with Crippen LogP contribution in [0.1, 0.15) is 16.2 Å². The minimum Gasteiger partial charge on any atom is -0.493 e. The Kier molecular flexibility index (Phi) is 8.06. The van der Waals surface area contributed by atoms with Crippen LogP contribution in [0.4, 0.5) is 5.13 Å². The Balaban J connectivity index is 1.43. The van der Waals surface area contributed by atoms with Crippen molar-refractivity contribution in [2.75, 3.05) is 32.7 Å². The van der Waals surface area contributed by atoms with Gasteiger partial charge in [0.15, 0.2) is 22.4 Å². The van der Waals surface area contributed by atoms with E-state index in [9.17, 15) is 14.7 Å². The molecule has 0 fully saturated rings. The molecule has 0 aliphatic heterocycles. The van der Waals surface area contributed by atoms with Crippen molar-refractivity contribution in [3.05, 3.63) is 53.4 Å². The number of hydrogen-bond donors (Lipinski definition) is 3. The molecule has 170 valence electrons. The first kappa shape index (κ1) is 23.1. The lowest BCUT2D eigenvalue weighted by molar-refractivity contribution is -0.121. The number of amides is 2. The van der Waals surface area contributed by atoms with E-state index in [4.69, 9.17) is 18.6 Å². The summed E-state index contributed by atoms with van der Waals surface area (Å²) in [5, 5.41) is 17.4. The van der Waals surface area contributed by atoms with Crippen LogP contribution in [0.3, 0.4) is 0 Å². The molecule has 0 radical (unpaired) electrons. The second-order valence-electron chi connectivity index (χ2n) is 6.51. The second-order valence-corrected chi connectivity index (χ2v) is 7.37. The number of methoxy groups -OCH3 is 2. The lowest BCUT2D eigenvalue weighted by Crippen LogP contribution is -2.36. The van der Waals surface area contributed by atoms with E-state index < -0.39 is 12.0 Å². The summed E-state index contributed by atoms with van der Waals surface area (Å²) in [6.07, 6.45) is 0.451. The van der Waals surface area contributed by atoms with Crippen molar-refractivity contribution in [2.24, 2.45) is 0 Å². The lowest BCUT2D eigenvalue weighted by atomic mass is 10.3. The van der Waals surface area contributed by atoms with Gasteiger partial charge >= 0.3 is 0 Å². The van der Waals surface area contributed by atoms with Crippen LogP contribution in [0.2, 0.25) is 0 Å². The predicted molar refractivity (Wildman–Crippen MR) is 117 cm³/mol. The zero-order valence-corrected chi connectivity index (χ0v) is 18.3. The topological polar surface area (TPSA) is 132 Å². The van der Waals surface area contributed by atoms with Crippen molar-refractivity contribution in [1.29, 1.82) is 0 Å². The van der Waals surface area contributed by atoms with Gasteiger partial charge in [-0.25, -0.2) is 4.98 Å². The molecule has 0 saturated heterocycles. The van der Waals surface area contributed by atoms with Gasteiger partial charge in [0.1, 0.15) is 12.7 Å². The molecule has 0 aliphatic carbocycles. The van der Waals surface area contributed by atoms with Gasteiger partial charge in [0, 0.05) is 11.9 Å². The van der Waals surface area contributed by atoms with Gasteiger partial charge in [0.2, 0.25) is 11.7 Å². The van der Waals surface area contributed by atoms with Crippen LogP contribution in [-0.4, -0.2) is 55.4 Å². The van der Waals surface area contributed by atoms with Crippen molar-refractivity contribution in [3.8, 4) is 17.2 Å². The Morgan fingerprint density at radius 2 is 1.94 bits per heavy atom. The number of aliphatic hydroxyl groups is 1. The molecule has 1 aromatic carbocycles. The van der Waals surface area contributed by atoms with Gasteiger partial charge in [0.05, 0.1) is 32.6 Å². The number of anilines is 1. The Hall–Kier alpha value is -3.57. The number of hydrogen-bond acceptors (Lipinski definition) is 9.